The molecule has 1 spiro atoms. The van der Waals surface area contributed by atoms with Crippen molar-refractivity contribution in [3.63, 3.8) is 0 Å². The molecule has 3 heteroatoms. The van der Waals surface area contributed by atoms with E-state index in [1.54, 1.807) is 0 Å². The summed E-state index contributed by atoms with van der Waals surface area (Å²) in [6.07, 6.45) is 12.5. The van der Waals surface area contributed by atoms with Gasteiger partial charge in [0.1, 0.15) is 0 Å². The maximum Gasteiger partial charge on any atom is 0.0864 e. The fourth-order valence-corrected chi connectivity index (χ4v) is 9.12. The van der Waals surface area contributed by atoms with Crippen LogP contribution in [0.4, 0.5) is 17.1 Å². The highest BCUT2D eigenvalue weighted by Gasteiger charge is 2.54. The molecule has 3 nitrogen and oxygen atoms in total. The first kappa shape index (κ1) is 35.3. The second kappa shape index (κ2) is 15.0. The van der Waals surface area contributed by atoms with Crippen molar-refractivity contribution < 1.29 is 0 Å². The topological polar surface area (TPSA) is 41.3 Å². The van der Waals surface area contributed by atoms with E-state index in [9.17, 15) is 0 Å². The Labute approximate surface area is 331 Å². The number of hydrogen-bond acceptors (Lipinski definition) is 3. The highest BCUT2D eigenvalue weighted by Crippen LogP contribution is 2.64. The molecule has 2 atom stereocenters. The average Bonchev–Trinajstić information content (AvgIpc) is 3.55. The average molecular weight is 726 g/mol. The van der Waals surface area contributed by atoms with Gasteiger partial charge in [0.15, 0.2) is 0 Å². The van der Waals surface area contributed by atoms with Crippen LogP contribution in [0.3, 0.4) is 0 Å². The number of anilines is 3. The fourth-order valence-electron chi connectivity index (χ4n) is 9.12. The molecule has 3 N–H and O–H groups in total. The number of rotatable bonds is 5. The lowest BCUT2D eigenvalue weighted by atomic mass is 9.62. The largest absolute Gasteiger partial charge is 0.383 e. The van der Waals surface area contributed by atoms with Gasteiger partial charge in [-0.2, -0.15) is 0 Å². The van der Waals surface area contributed by atoms with Gasteiger partial charge >= 0.3 is 0 Å². The Kier molecular flexibility index (Phi) is 9.46. The standard InChI is InChI=1S/C37H30N2.C16H17N/c1-25-17-19-26(20-18-25)27-21-22-29-30-12-9-23-38-36(30)37(33(29)24-27)31-13-5-7-15-34(31)39(28-10-3-2-4-11-28)35-16-8-6-14-32(35)37;1-13(14-8-4-2-5-9-14)12-16(17)15-10-6-3-7-11-15/h2-22,27,38H,23-24H2,1H3;2-12,16H,17H2,1H3/b;13-12+. The SMILES string of the molecule is C/C(=C\C(N)c1ccccc1)c1ccccc1.Cc1ccc(C2C=CC3=C(C2)C2(C4=C3C=CCN4)c3ccccc3N(c3ccccc3)c3ccccc32)cc1. The Morgan fingerprint density at radius 3 is 1.95 bits per heavy atom. The molecule has 6 aromatic rings. The van der Waals surface area contributed by atoms with E-state index in [-0.39, 0.29) is 11.5 Å². The Morgan fingerprint density at radius 1 is 0.696 bits per heavy atom. The third-order valence-electron chi connectivity index (χ3n) is 11.8. The Balaban J connectivity index is 0.000000203. The molecule has 4 aliphatic rings. The third kappa shape index (κ3) is 6.15. The van der Waals surface area contributed by atoms with Crippen LogP contribution in [0.2, 0.25) is 0 Å². The van der Waals surface area contributed by atoms with Crippen LogP contribution < -0.4 is 16.0 Å². The second-order valence-corrected chi connectivity index (χ2v) is 15.2. The van der Waals surface area contributed by atoms with Crippen LogP contribution in [-0.2, 0) is 5.41 Å². The molecular formula is C53H47N3. The van der Waals surface area contributed by atoms with Crippen LogP contribution in [0.5, 0.6) is 0 Å². The van der Waals surface area contributed by atoms with Gasteiger partial charge < -0.3 is 16.0 Å². The highest BCUT2D eigenvalue weighted by molar-refractivity contribution is 5.91. The van der Waals surface area contributed by atoms with E-state index < -0.39 is 0 Å². The number of dihydropyridines is 1. The number of benzene rings is 6. The molecule has 2 aliphatic carbocycles. The minimum atomic E-state index is -0.360. The molecule has 2 heterocycles. The van der Waals surface area contributed by atoms with Gasteiger partial charge in [-0.3, -0.25) is 0 Å². The van der Waals surface area contributed by atoms with Crippen molar-refractivity contribution in [2.45, 2.75) is 37.6 Å². The molecule has 10 rings (SSSR count). The number of aryl methyl sites for hydroxylation is 1. The van der Waals surface area contributed by atoms with Crippen LogP contribution in [0, 0.1) is 6.92 Å². The van der Waals surface area contributed by atoms with Crippen LogP contribution in [0.15, 0.2) is 217 Å². The predicted molar refractivity (Wildman–Crippen MR) is 234 cm³/mol. The van der Waals surface area contributed by atoms with E-state index >= 15 is 0 Å². The van der Waals surface area contributed by atoms with Crippen molar-refractivity contribution in [3.05, 3.63) is 250 Å². The van der Waals surface area contributed by atoms with Gasteiger partial charge in [0.2, 0.25) is 0 Å². The number of hydrogen-bond donors (Lipinski definition) is 2. The fraction of sp³-hybridized carbons (Fsp3) is 0.132. The predicted octanol–water partition coefficient (Wildman–Crippen LogP) is 12.3. The third-order valence-corrected chi connectivity index (χ3v) is 11.8. The van der Waals surface area contributed by atoms with Gasteiger partial charge in [-0.1, -0.05) is 175 Å². The molecule has 2 aliphatic heterocycles. The number of nitrogens with one attached hydrogen (secondary N) is 1. The molecular weight excluding hydrogens is 679 g/mol. The first-order valence-corrected chi connectivity index (χ1v) is 19.8. The van der Waals surface area contributed by atoms with E-state index in [1.807, 2.05) is 36.4 Å². The molecule has 0 saturated heterocycles. The molecule has 0 saturated carbocycles. The van der Waals surface area contributed by atoms with Gasteiger partial charge in [0, 0.05) is 35.5 Å². The van der Waals surface area contributed by atoms with Gasteiger partial charge in [0.25, 0.3) is 0 Å². The summed E-state index contributed by atoms with van der Waals surface area (Å²) in [5, 5.41) is 3.90. The van der Waals surface area contributed by atoms with Crippen molar-refractivity contribution >= 4 is 22.6 Å². The Bertz CT molecular complexity index is 2470. The number of fused-ring (bicyclic) bond motifs is 7. The monoisotopic (exact) mass is 725 g/mol. The summed E-state index contributed by atoms with van der Waals surface area (Å²) in [7, 11) is 0. The van der Waals surface area contributed by atoms with Gasteiger partial charge in [-0.25, -0.2) is 0 Å². The van der Waals surface area contributed by atoms with E-state index in [1.165, 1.54) is 72.9 Å². The summed E-state index contributed by atoms with van der Waals surface area (Å²) in [4.78, 5) is 2.45. The zero-order valence-electron chi connectivity index (χ0n) is 32.1. The summed E-state index contributed by atoms with van der Waals surface area (Å²) in [5.74, 6) is 0.345. The number of allylic oxidation sites excluding steroid dienone is 7. The first-order valence-electron chi connectivity index (χ1n) is 19.8. The van der Waals surface area contributed by atoms with Crippen molar-refractivity contribution in [2.75, 3.05) is 11.4 Å². The molecule has 0 amide bonds. The van der Waals surface area contributed by atoms with Gasteiger partial charge in [-0.05, 0) is 89.1 Å². The zero-order valence-corrected chi connectivity index (χ0v) is 32.1. The van der Waals surface area contributed by atoms with E-state index in [4.69, 9.17) is 5.73 Å². The minimum absolute atomic E-state index is 0.0450. The Hall–Kier alpha value is -6.42. The summed E-state index contributed by atoms with van der Waals surface area (Å²) >= 11 is 0. The second-order valence-electron chi connectivity index (χ2n) is 15.2. The molecule has 0 radical (unpaired) electrons. The molecule has 2 unspecified atom stereocenters. The van der Waals surface area contributed by atoms with Crippen molar-refractivity contribution in [3.8, 4) is 0 Å². The summed E-state index contributed by atoms with van der Waals surface area (Å²) in [6, 6.07) is 58.4. The van der Waals surface area contributed by atoms with Crippen LogP contribution in [0.25, 0.3) is 5.57 Å². The van der Waals surface area contributed by atoms with Gasteiger partial charge in [0.05, 0.1) is 16.8 Å². The molecule has 56 heavy (non-hydrogen) atoms. The van der Waals surface area contributed by atoms with Gasteiger partial charge in [-0.15, -0.1) is 0 Å². The van der Waals surface area contributed by atoms with Crippen LogP contribution >= 0.6 is 0 Å². The van der Waals surface area contributed by atoms with E-state index in [0.717, 1.165) is 18.5 Å². The number of nitrogens with zero attached hydrogens (tertiary/aromatic N) is 1. The molecule has 6 aromatic carbocycles. The number of para-hydroxylation sites is 3. The maximum atomic E-state index is 6.16. The quantitative estimate of drug-likeness (QED) is 0.186. The summed E-state index contributed by atoms with van der Waals surface area (Å²) in [6.45, 7) is 5.11. The highest BCUT2D eigenvalue weighted by atomic mass is 15.2. The van der Waals surface area contributed by atoms with Crippen molar-refractivity contribution in [1.82, 2.24) is 5.32 Å². The van der Waals surface area contributed by atoms with Crippen molar-refractivity contribution in [2.24, 2.45) is 5.73 Å². The molecule has 274 valence electrons. The maximum absolute atomic E-state index is 6.16. The van der Waals surface area contributed by atoms with E-state index in [2.05, 4.69) is 182 Å². The molecule has 0 bridgehead atoms. The molecule has 0 fully saturated rings. The Morgan fingerprint density at radius 2 is 1.29 bits per heavy atom. The minimum Gasteiger partial charge on any atom is -0.383 e. The number of nitrogens with two attached hydrogens (primary N) is 1. The smallest absolute Gasteiger partial charge is 0.0864 e. The summed E-state index contributed by atoms with van der Waals surface area (Å²) < 4.78 is 0. The lowest BCUT2D eigenvalue weighted by molar-refractivity contribution is 0.599. The lowest BCUT2D eigenvalue weighted by Gasteiger charge is -2.47. The van der Waals surface area contributed by atoms with E-state index in [0.29, 0.717) is 5.92 Å². The lowest BCUT2D eigenvalue weighted by Crippen LogP contribution is -2.42. The zero-order chi connectivity index (χ0) is 38.1. The van der Waals surface area contributed by atoms with Crippen molar-refractivity contribution in [1.29, 1.82) is 0 Å². The summed E-state index contributed by atoms with van der Waals surface area (Å²) in [5.41, 5.74) is 24.0. The molecule has 0 aromatic heterocycles. The van der Waals surface area contributed by atoms with Crippen LogP contribution in [0.1, 0.15) is 58.7 Å². The van der Waals surface area contributed by atoms with Crippen LogP contribution in [-0.4, -0.2) is 6.54 Å². The first-order chi connectivity index (χ1) is 27.5. The normalized spacial score (nSPS) is 17.9.